The molecule has 2 aliphatic rings. The van der Waals surface area contributed by atoms with Gasteiger partial charge in [0, 0.05) is 5.56 Å². The number of piperidine rings is 1. The Balaban J connectivity index is 1.47. The van der Waals surface area contributed by atoms with E-state index in [1.165, 1.54) is 6.42 Å². The standard InChI is InChI=1S/C23H38N2O4/c1-24(13-16-27-17-14-24)15-18-28-19-20-29-23(26)22(21-9-5-3-6-10-21)25(2)11-7-4-8-12-25/h3,5-6,9-10,22H,4,7-8,11-20H2,1-2H3/q+2. The van der Waals surface area contributed by atoms with Gasteiger partial charge in [-0.25, -0.2) is 4.79 Å². The van der Waals surface area contributed by atoms with Gasteiger partial charge in [0.15, 0.2) is 0 Å². The maximum absolute atomic E-state index is 13.1. The summed E-state index contributed by atoms with van der Waals surface area (Å²) in [6, 6.07) is 9.84. The fourth-order valence-electron chi connectivity index (χ4n) is 4.55. The number of benzene rings is 1. The second-order valence-corrected chi connectivity index (χ2v) is 8.98. The maximum atomic E-state index is 13.1. The lowest BCUT2D eigenvalue weighted by atomic mass is 9.98. The number of carbonyl (C=O) groups is 1. The summed E-state index contributed by atoms with van der Waals surface area (Å²) in [6.45, 7) is 8.18. The molecule has 0 aromatic heterocycles. The van der Waals surface area contributed by atoms with Gasteiger partial charge < -0.3 is 23.2 Å². The van der Waals surface area contributed by atoms with Gasteiger partial charge in [-0.15, -0.1) is 0 Å². The van der Waals surface area contributed by atoms with Crippen molar-refractivity contribution in [3.8, 4) is 0 Å². The maximum Gasteiger partial charge on any atom is 0.370 e. The van der Waals surface area contributed by atoms with Gasteiger partial charge in [0.25, 0.3) is 0 Å². The first kappa shape index (κ1) is 22.2. The molecule has 0 aliphatic carbocycles. The fourth-order valence-corrected chi connectivity index (χ4v) is 4.55. The number of rotatable bonds is 9. The van der Waals surface area contributed by atoms with Crippen molar-refractivity contribution in [1.82, 2.24) is 0 Å². The van der Waals surface area contributed by atoms with Crippen molar-refractivity contribution in [2.75, 3.05) is 79.9 Å². The van der Waals surface area contributed by atoms with E-state index in [1.807, 2.05) is 30.3 Å². The Labute approximate surface area is 175 Å². The Bertz CT molecular complexity index is 625. The highest BCUT2D eigenvalue weighted by Gasteiger charge is 2.41. The zero-order valence-corrected chi connectivity index (χ0v) is 18.2. The third-order valence-electron chi connectivity index (χ3n) is 6.60. The Kier molecular flexibility index (Phi) is 8.07. The molecule has 6 heteroatoms. The summed E-state index contributed by atoms with van der Waals surface area (Å²) in [5.74, 6) is -0.128. The highest BCUT2D eigenvalue weighted by atomic mass is 16.6. The molecule has 1 atom stereocenters. The fraction of sp³-hybridized carbons (Fsp3) is 0.696. The van der Waals surface area contributed by atoms with Crippen LogP contribution in [-0.2, 0) is 19.0 Å². The Morgan fingerprint density at radius 3 is 2.34 bits per heavy atom. The molecule has 0 radical (unpaired) electrons. The Morgan fingerprint density at radius 2 is 1.66 bits per heavy atom. The summed E-state index contributed by atoms with van der Waals surface area (Å²) in [5.41, 5.74) is 1.05. The zero-order valence-electron chi connectivity index (χ0n) is 18.2. The largest absolute Gasteiger partial charge is 0.459 e. The van der Waals surface area contributed by atoms with Crippen molar-refractivity contribution in [1.29, 1.82) is 0 Å². The van der Waals surface area contributed by atoms with Crippen molar-refractivity contribution in [3.63, 3.8) is 0 Å². The molecule has 0 spiro atoms. The number of likely N-dealkylation sites (tertiary alicyclic amines) is 1. The molecule has 0 amide bonds. The highest BCUT2D eigenvalue weighted by molar-refractivity contribution is 5.76. The van der Waals surface area contributed by atoms with Crippen molar-refractivity contribution >= 4 is 5.97 Å². The minimum atomic E-state index is -0.255. The predicted octanol–water partition coefficient (Wildman–Crippen LogP) is 2.39. The lowest BCUT2D eigenvalue weighted by molar-refractivity contribution is -0.935. The van der Waals surface area contributed by atoms with Crippen LogP contribution >= 0.6 is 0 Å². The van der Waals surface area contributed by atoms with E-state index >= 15 is 0 Å². The van der Waals surface area contributed by atoms with E-state index in [9.17, 15) is 4.79 Å². The van der Waals surface area contributed by atoms with Crippen molar-refractivity contribution in [2.45, 2.75) is 25.3 Å². The molecule has 0 saturated carbocycles. The molecule has 29 heavy (non-hydrogen) atoms. The minimum Gasteiger partial charge on any atom is -0.459 e. The zero-order chi connectivity index (χ0) is 20.6. The average Bonchev–Trinajstić information content (AvgIpc) is 2.72. The van der Waals surface area contributed by atoms with Gasteiger partial charge >= 0.3 is 5.97 Å². The van der Waals surface area contributed by atoms with Gasteiger partial charge in [-0.05, 0) is 19.3 Å². The minimum absolute atomic E-state index is 0.128. The number of quaternary nitrogens is 2. The number of hydrogen-bond donors (Lipinski definition) is 0. The normalized spacial score (nSPS) is 22.0. The molecule has 2 fully saturated rings. The van der Waals surface area contributed by atoms with Crippen molar-refractivity contribution in [3.05, 3.63) is 35.9 Å². The van der Waals surface area contributed by atoms with Crippen LogP contribution < -0.4 is 0 Å². The molecule has 1 aromatic rings. The highest BCUT2D eigenvalue weighted by Crippen LogP contribution is 2.32. The molecule has 2 aliphatic heterocycles. The molecule has 6 nitrogen and oxygen atoms in total. The van der Waals surface area contributed by atoms with E-state index in [2.05, 4.69) is 14.1 Å². The average molecular weight is 407 g/mol. The summed E-state index contributed by atoms with van der Waals surface area (Å²) in [4.78, 5) is 13.1. The summed E-state index contributed by atoms with van der Waals surface area (Å²) < 4.78 is 18.6. The summed E-state index contributed by atoms with van der Waals surface area (Å²) in [6.07, 6.45) is 3.58. The number of esters is 1. The smallest absolute Gasteiger partial charge is 0.370 e. The third kappa shape index (κ3) is 6.25. The Morgan fingerprint density at radius 1 is 0.966 bits per heavy atom. The molecule has 0 bridgehead atoms. The van der Waals surface area contributed by atoms with E-state index in [0.29, 0.717) is 19.8 Å². The first-order valence-electron chi connectivity index (χ1n) is 11.1. The summed E-state index contributed by atoms with van der Waals surface area (Å²) in [7, 11) is 4.44. The number of carbonyl (C=O) groups excluding carboxylic acids is 1. The van der Waals surface area contributed by atoms with Crippen LogP contribution in [0.25, 0.3) is 0 Å². The SMILES string of the molecule is C[N+]1(CCOCCOC(=O)C(c2ccccc2)[N+]2(C)CCCCC2)CCOCC1. The monoisotopic (exact) mass is 406 g/mol. The first-order valence-corrected chi connectivity index (χ1v) is 11.1. The third-order valence-corrected chi connectivity index (χ3v) is 6.60. The van der Waals surface area contributed by atoms with Crippen LogP contribution in [0.5, 0.6) is 0 Å². The molecular weight excluding hydrogens is 368 g/mol. The quantitative estimate of drug-likeness (QED) is 0.359. The second-order valence-electron chi connectivity index (χ2n) is 8.98. The van der Waals surface area contributed by atoms with Crippen LogP contribution in [-0.4, -0.2) is 94.8 Å². The van der Waals surface area contributed by atoms with Crippen molar-refractivity contribution in [2.24, 2.45) is 0 Å². The second kappa shape index (κ2) is 10.5. The number of ether oxygens (including phenoxy) is 3. The molecule has 3 rings (SSSR count). The molecular formula is C23H38N2O4+2. The van der Waals surface area contributed by atoms with E-state index in [4.69, 9.17) is 14.2 Å². The van der Waals surface area contributed by atoms with Crippen LogP contribution in [0.3, 0.4) is 0 Å². The van der Waals surface area contributed by atoms with Crippen LogP contribution in [0.4, 0.5) is 0 Å². The van der Waals surface area contributed by atoms with Crippen LogP contribution in [0.1, 0.15) is 30.9 Å². The molecule has 2 heterocycles. The molecule has 1 unspecified atom stereocenters. The number of morpholine rings is 1. The number of likely N-dealkylation sites (N-methyl/N-ethyl adjacent to an activating group) is 2. The molecule has 162 valence electrons. The van der Waals surface area contributed by atoms with Gasteiger partial charge in [0.2, 0.25) is 6.04 Å². The first-order chi connectivity index (χ1) is 14.0. The predicted molar refractivity (Wildman–Crippen MR) is 112 cm³/mol. The topological polar surface area (TPSA) is 44.8 Å². The van der Waals surface area contributed by atoms with E-state index in [1.54, 1.807) is 0 Å². The van der Waals surface area contributed by atoms with Gasteiger partial charge in [-0.2, -0.15) is 0 Å². The van der Waals surface area contributed by atoms with E-state index in [-0.39, 0.29) is 12.0 Å². The van der Waals surface area contributed by atoms with Gasteiger partial charge in [-0.1, -0.05) is 30.3 Å². The molecule has 1 aromatic carbocycles. The summed E-state index contributed by atoms with van der Waals surface area (Å²) >= 11 is 0. The van der Waals surface area contributed by atoms with Crippen molar-refractivity contribution < 1.29 is 28.0 Å². The Hall–Kier alpha value is -1.47. The van der Waals surface area contributed by atoms with Crippen LogP contribution in [0, 0.1) is 0 Å². The van der Waals surface area contributed by atoms with Gasteiger partial charge in [0.05, 0.1) is 53.6 Å². The van der Waals surface area contributed by atoms with Gasteiger partial charge in [-0.3, -0.25) is 0 Å². The van der Waals surface area contributed by atoms with Gasteiger partial charge in [0.1, 0.15) is 26.2 Å². The van der Waals surface area contributed by atoms with Crippen LogP contribution in [0.2, 0.25) is 0 Å². The molecule has 2 saturated heterocycles. The number of nitrogens with zero attached hydrogens (tertiary/aromatic N) is 2. The number of hydrogen-bond acceptors (Lipinski definition) is 4. The van der Waals surface area contributed by atoms with Crippen LogP contribution in [0.15, 0.2) is 30.3 Å². The van der Waals surface area contributed by atoms with E-state index in [0.717, 1.165) is 73.3 Å². The summed E-state index contributed by atoms with van der Waals surface area (Å²) in [5, 5.41) is 0. The lowest BCUT2D eigenvalue weighted by Gasteiger charge is -2.42. The lowest BCUT2D eigenvalue weighted by Crippen LogP contribution is -2.53. The van der Waals surface area contributed by atoms with E-state index < -0.39 is 0 Å². The molecule has 0 N–H and O–H groups in total.